The van der Waals surface area contributed by atoms with Gasteiger partial charge in [-0.05, 0) is 24.6 Å². The van der Waals surface area contributed by atoms with E-state index in [4.69, 9.17) is 5.10 Å². The molecule has 27 heavy (non-hydrogen) atoms. The van der Waals surface area contributed by atoms with E-state index in [9.17, 15) is 14.7 Å². The molecular weight excluding hydrogens is 342 g/mol. The zero-order chi connectivity index (χ0) is 19.0. The number of hydrogen-bond donors (Lipinski definition) is 1. The molecule has 0 aliphatic heterocycles. The molecule has 0 fully saturated rings. The fourth-order valence-electron chi connectivity index (χ4n) is 3.30. The Labute approximate surface area is 154 Å². The summed E-state index contributed by atoms with van der Waals surface area (Å²) in [6.45, 7) is 1.42. The quantitative estimate of drug-likeness (QED) is 0.607. The van der Waals surface area contributed by atoms with Crippen LogP contribution in [0.3, 0.4) is 0 Å². The highest BCUT2D eigenvalue weighted by molar-refractivity contribution is 5.95. The van der Waals surface area contributed by atoms with Crippen LogP contribution in [0, 0.1) is 6.92 Å². The zero-order valence-electron chi connectivity index (χ0n) is 14.7. The van der Waals surface area contributed by atoms with Gasteiger partial charge in [-0.3, -0.25) is 14.2 Å². The molecule has 1 N–H and O–H groups in total. The van der Waals surface area contributed by atoms with E-state index in [2.05, 4.69) is 0 Å². The number of nitrogens with zero attached hydrogens (tertiary/aromatic N) is 3. The predicted molar refractivity (Wildman–Crippen MR) is 103 cm³/mol. The maximum absolute atomic E-state index is 12.6. The van der Waals surface area contributed by atoms with E-state index in [1.54, 1.807) is 4.68 Å². The first kappa shape index (κ1) is 16.8. The molecule has 0 unspecified atom stereocenters. The number of pyridine rings is 1. The molecule has 2 aromatic carbocycles. The lowest BCUT2D eigenvalue weighted by atomic mass is 10.1. The van der Waals surface area contributed by atoms with Crippen LogP contribution >= 0.6 is 0 Å². The summed E-state index contributed by atoms with van der Waals surface area (Å²) in [5.41, 5.74) is 3.25. The van der Waals surface area contributed by atoms with Crippen LogP contribution in [-0.2, 0) is 11.3 Å². The van der Waals surface area contributed by atoms with Crippen molar-refractivity contribution in [3.8, 4) is 16.9 Å². The van der Waals surface area contributed by atoms with E-state index in [-0.39, 0.29) is 5.56 Å². The third-order valence-electron chi connectivity index (χ3n) is 4.46. The summed E-state index contributed by atoms with van der Waals surface area (Å²) >= 11 is 0. The highest BCUT2D eigenvalue weighted by Gasteiger charge is 2.21. The Morgan fingerprint density at radius 3 is 2.30 bits per heavy atom. The minimum Gasteiger partial charge on any atom is -0.480 e. The molecule has 2 heterocycles. The zero-order valence-corrected chi connectivity index (χ0v) is 14.7. The first-order valence-corrected chi connectivity index (χ1v) is 8.52. The molecule has 2 aromatic heterocycles. The second kappa shape index (κ2) is 6.57. The number of para-hydroxylation sites is 1. The van der Waals surface area contributed by atoms with Crippen LogP contribution in [0.25, 0.3) is 28.0 Å². The van der Waals surface area contributed by atoms with Crippen LogP contribution < -0.4 is 5.56 Å². The first-order chi connectivity index (χ1) is 13.1. The number of benzene rings is 2. The smallest absolute Gasteiger partial charge is 0.323 e. The fraction of sp³-hybridized carbons (Fsp3) is 0.0952. The SMILES string of the molecule is Cc1cc(=O)n(CC(=O)O)c2c1c(-c1ccccc1)nn2-c1ccccc1. The van der Waals surface area contributed by atoms with Crippen LogP contribution in [-0.4, -0.2) is 25.4 Å². The van der Waals surface area contributed by atoms with E-state index in [0.717, 1.165) is 22.2 Å². The van der Waals surface area contributed by atoms with Gasteiger partial charge in [0.15, 0.2) is 0 Å². The summed E-state index contributed by atoms with van der Waals surface area (Å²) < 4.78 is 2.91. The van der Waals surface area contributed by atoms with Gasteiger partial charge < -0.3 is 5.11 Å². The number of aryl methyl sites for hydroxylation is 1. The van der Waals surface area contributed by atoms with Crippen LogP contribution in [0.15, 0.2) is 71.5 Å². The van der Waals surface area contributed by atoms with Gasteiger partial charge in [0, 0.05) is 17.0 Å². The molecule has 0 radical (unpaired) electrons. The molecule has 6 heteroatoms. The number of carboxylic acids is 1. The average molecular weight is 359 g/mol. The molecule has 0 amide bonds. The van der Waals surface area contributed by atoms with E-state index in [0.29, 0.717) is 11.3 Å². The standard InChI is InChI=1S/C21H17N3O3/c1-14-12-17(25)23(13-18(26)27)21-19(14)20(15-8-4-2-5-9-15)22-24(21)16-10-6-3-7-11-16/h2-12H,13H2,1H3,(H,26,27). The van der Waals surface area contributed by atoms with Crippen LogP contribution in [0.2, 0.25) is 0 Å². The van der Waals surface area contributed by atoms with Gasteiger partial charge in [-0.15, -0.1) is 0 Å². The van der Waals surface area contributed by atoms with Crippen LogP contribution in [0.5, 0.6) is 0 Å². The van der Waals surface area contributed by atoms with Gasteiger partial charge in [0.05, 0.1) is 5.69 Å². The van der Waals surface area contributed by atoms with Crippen molar-refractivity contribution in [1.29, 1.82) is 0 Å². The fourth-order valence-corrected chi connectivity index (χ4v) is 3.30. The normalized spacial score (nSPS) is 11.0. The molecule has 0 saturated carbocycles. The maximum Gasteiger partial charge on any atom is 0.323 e. The molecule has 4 aromatic rings. The van der Waals surface area contributed by atoms with Crippen LogP contribution in [0.4, 0.5) is 0 Å². The lowest BCUT2D eigenvalue weighted by molar-refractivity contribution is -0.137. The van der Waals surface area contributed by atoms with Gasteiger partial charge >= 0.3 is 5.97 Å². The van der Waals surface area contributed by atoms with Crippen molar-refractivity contribution >= 4 is 17.0 Å². The number of fused-ring (bicyclic) bond motifs is 1. The molecular formula is C21H17N3O3. The molecule has 0 saturated heterocycles. The summed E-state index contributed by atoms with van der Waals surface area (Å²) in [6, 6.07) is 20.5. The second-order valence-corrected chi connectivity index (χ2v) is 6.31. The Morgan fingerprint density at radius 2 is 1.67 bits per heavy atom. The Morgan fingerprint density at radius 1 is 1.04 bits per heavy atom. The van der Waals surface area contributed by atoms with Crippen molar-refractivity contribution < 1.29 is 9.90 Å². The summed E-state index contributed by atoms with van der Waals surface area (Å²) in [5, 5.41) is 14.8. The molecule has 0 atom stereocenters. The van der Waals surface area contributed by atoms with Crippen molar-refractivity contribution in [3.63, 3.8) is 0 Å². The largest absolute Gasteiger partial charge is 0.480 e. The minimum absolute atomic E-state index is 0.362. The number of carbonyl (C=O) groups is 1. The predicted octanol–water partition coefficient (Wildman–Crippen LogP) is 3.25. The molecule has 0 bridgehead atoms. The minimum atomic E-state index is -1.08. The lowest BCUT2D eigenvalue weighted by Crippen LogP contribution is -2.25. The Bertz CT molecular complexity index is 1190. The topological polar surface area (TPSA) is 77.1 Å². The van der Waals surface area contributed by atoms with Gasteiger partial charge in [-0.1, -0.05) is 48.5 Å². The third-order valence-corrected chi connectivity index (χ3v) is 4.46. The summed E-state index contributed by atoms with van der Waals surface area (Å²) in [5.74, 6) is -1.08. The summed E-state index contributed by atoms with van der Waals surface area (Å²) in [4.78, 5) is 24.0. The van der Waals surface area contributed by atoms with Crippen molar-refractivity contribution in [2.45, 2.75) is 13.5 Å². The molecule has 134 valence electrons. The average Bonchev–Trinajstić information content (AvgIpc) is 3.07. The molecule has 0 spiro atoms. The van der Waals surface area contributed by atoms with Crippen molar-refractivity contribution in [1.82, 2.24) is 14.3 Å². The van der Waals surface area contributed by atoms with E-state index >= 15 is 0 Å². The number of rotatable bonds is 4. The highest BCUT2D eigenvalue weighted by Crippen LogP contribution is 2.31. The van der Waals surface area contributed by atoms with Crippen molar-refractivity contribution in [3.05, 3.63) is 82.6 Å². The van der Waals surface area contributed by atoms with Crippen LogP contribution in [0.1, 0.15) is 5.56 Å². The van der Waals surface area contributed by atoms with Gasteiger partial charge in [0.2, 0.25) is 0 Å². The number of aliphatic carboxylic acids is 1. The number of aromatic nitrogens is 3. The van der Waals surface area contributed by atoms with Gasteiger partial charge in [-0.25, -0.2) is 4.68 Å². The molecule has 0 aliphatic carbocycles. The van der Waals surface area contributed by atoms with E-state index in [1.807, 2.05) is 67.6 Å². The second-order valence-electron chi connectivity index (χ2n) is 6.31. The highest BCUT2D eigenvalue weighted by atomic mass is 16.4. The van der Waals surface area contributed by atoms with Crippen molar-refractivity contribution in [2.24, 2.45) is 0 Å². The van der Waals surface area contributed by atoms with Gasteiger partial charge in [0.1, 0.15) is 17.9 Å². The van der Waals surface area contributed by atoms with E-state index in [1.165, 1.54) is 10.6 Å². The monoisotopic (exact) mass is 359 g/mol. The molecule has 6 nitrogen and oxygen atoms in total. The van der Waals surface area contributed by atoms with Gasteiger partial charge in [-0.2, -0.15) is 5.10 Å². The summed E-state index contributed by atoms with van der Waals surface area (Å²) in [6.07, 6.45) is 0. The number of hydrogen-bond acceptors (Lipinski definition) is 3. The van der Waals surface area contributed by atoms with E-state index < -0.39 is 12.5 Å². The van der Waals surface area contributed by atoms with Gasteiger partial charge in [0.25, 0.3) is 5.56 Å². The lowest BCUT2D eigenvalue weighted by Gasteiger charge is -2.10. The van der Waals surface area contributed by atoms with Crippen molar-refractivity contribution in [2.75, 3.05) is 0 Å². The Hall–Kier alpha value is -3.67. The maximum atomic E-state index is 12.6. The molecule has 4 rings (SSSR count). The Kier molecular flexibility index (Phi) is 4.08. The first-order valence-electron chi connectivity index (χ1n) is 8.52. The Balaban J connectivity index is 2.16. The molecule has 0 aliphatic rings. The third kappa shape index (κ3) is 2.91. The number of carboxylic acid groups (broad SMARTS) is 1. The summed E-state index contributed by atoms with van der Waals surface area (Å²) in [7, 11) is 0.